The summed E-state index contributed by atoms with van der Waals surface area (Å²) in [4.78, 5) is 17.6. The van der Waals surface area contributed by atoms with Gasteiger partial charge in [-0.05, 0) is 55.3 Å². The molecule has 7 nitrogen and oxygen atoms in total. The van der Waals surface area contributed by atoms with Crippen LogP contribution < -0.4 is 9.54 Å². The number of rotatable bonds is 4. The summed E-state index contributed by atoms with van der Waals surface area (Å²) in [5, 5.41) is 0. The molecule has 3 aromatic rings. The molecule has 1 aliphatic heterocycles. The lowest BCUT2D eigenvalue weighted by atomic mass is 10.2. The number of amides is 1. The Hall–Kier alpha value is -2.49. The van der Waals surface area contributed by atoms with E-state index in [0.29, 0.717) is 23.5 Å². The van der Waals surface area contributed by atoms with Gasteiger partial charge in [0.15, 0.2) is 4.80 Å². The SMILES string of the molecule is COc1ccc2c(c1)sc(=NC(=O)c1ccc(S(=O)(=O)N3CCCC3)cc1)n2C. The van der Waals surface area contributed by atoms with E-state index in [1.54, 1.807) is 7.11 Å². The van der Waals surface area contributed by atoms with Gasteiger partial charge in [0.2, 0.25) is 10.0 Å². The summed E-state index contributed by atoms with van der Waals surface area (Å²) in [6, 6.07) is 11.7. The molecule has 1 amide bonds. The number of benzene rings is 2. The van der Waals surface area contributed by atoms with Gasteiger partial charge in [0.05, 0.1) is 22.2 Å². The number of thiazole rings is 1. The first-order valence-electron chi connectivity index (χ1n) is 9.23. The minimum Gasteiger partial charge on any atom is -0.497 e. The van der Waals surface area contributed by atoms with Crippen molar-refractivity contribution in [1.29, 1.82) is 0 Å². The highest BCUT2D eigenvalue weighted by Gasteiger charge is 2.27. The number of hydrogen-bond donors (Lipinski definition) is 0. The van der Waals surface area contributed by atoms with Gasteiger partial charge in [0.25, 0.3) is 5.91 Å². The van der Waals surface area contributed by atoms with E-state index in [9.17, 15) is 13.2 Å². The van der Waals surface area contributed by atoms with E-state index < -0.39 is 15.9 Å². The lowest BCUT2D eigenvalue weighted by molar-refractivity contribution is 0.0998. The quantitative estimate of drug-likeness (QED) is 0.636. The molecule has 29 heavy (non-hydrogen) atoms. The van der Waals surface area contributed by atoms with E-state index in [0.717, 1.165) is 28.8 Å². The fourth-order valence-corrected chi connectivity index (χ4v) is 5.91. The van der Waals surface area contributed by atoms with Crippen molar-refractivity contribution >= 4 is 37.5 Å². The Morgan fingerprint density at radius 3 is 2.45 bits per heavy atom. The Morgan fingerprint density at radius 2 is 1.79 bits per heavy atom. The summed E-state index contributed by atoms with van der Waals surface area (Å²) < 4.78 is 34.8. The molecule has 0 radical (unpaired) electrons. The van der Waals surface area contributed by atoms with Crippen LogP contribution in [0.4, 0.5) is 0 Å². The van der Waals surface area contributed by atoms with Crippen LogP contribution in [0.25, 0.3) is 10.2 Å². The number of sulfonamides is 1. The largest absolute Gasteiger partial charge is 0.497 e. The maximum Gasteiger partial charge on any atom is 0.279 e. The molecule has 1 aromatic heterocycles. The number of carbonyl (C=O) groups excluding carboxylic acids is 1. The molecule has 2 heterocycles. The molecule has 0 bridgehead atoms. The Balaban J connectivity index is 1.63. The van der Waals surface area contributed by atoms with Gasteiger partial charge < -0.3 is 9.30 Å². The number of ether oxygens (including phenoxy) is 1. The highest BCUT2D eigenvalue weighted by molar-refractivity contribution is 7.89. The molecule has 0 unspecified atom stereocenters. The van der Waals surface area contributed by atoms with Gasteiger partial charge in [-0.15, -0.1) is 0 Å². The van der Waals surface area contributed by atoms with Crippen molar-refractivity contribution in [3.63, 3.8) is 0 Å². The third-order valence-electron chi connectivity index (χ3n) is 5.02. The Kier molecular flexibility index (Phi) is 5.28. The minimum absolute atomic E-state index is 0.204. The molecular weight excluding hydrogens is 410 g/mol. The van der Waals surface area contributed by atoms with Crippen molar-refractivity contribution in [3.8, 4) is 5.75 Å². The second kappa shape index (κ2) is 7.74. The highest BCUT2D eigenvalue weighted by Crippen LogP contribution is 2.23. The Labute approximate surface area is 172 Å². The highest BCUT2D eigenvalue weighted by atomic mass is 32.2. The van der Waals surface area contributed by atoms with Gasteiger partial charge in [0.1, 0.15) is 5.75 Å². The van der Waals surface area contributed by atoms with E-state index in [-0.39, 0.29) is 4.90 Å². The first kappa shape index (κ1) is 19.8. The molecule has 2 aromatic carbocycles. The first-order chi connectivity index (χ1) is 13.9. The zero-order chi connectivity index (χ0) is 20.6. The molecule has 0 N–H and O–H groups in total. The summed E-state index contributed by atoms with van der Waals surface area (Å²) in [6.45, 7) is 1.09. The normalized spacial score (nSPS) is 15.9. The summed E-state index contributed by atoms with van der Waals surface area (Å²) in [5.41, 5.74) is 1.30. The minimum atomic E-state index is -3.49. The average molecular weight is 432 g/mol. The molecule has 1 saturated heterocycles. The van der Waals surface area contributed by atoms with E-state index in [4.69, 9.17) is 4.74 Å². The van der Waals surface area contributed by atoms with Gasteiger partial charge in [-0.1, -0.05) is 11.3 Å². The molecule has 0 atom stereocenters. The van der Waals surface area contributed by atoms with Crippen LogP contribution in [-0.4, -0.2) is 43.4 Å². The zero-order valence-electron chi connectivity index (χ0n) is 16.2. The molecule has 1 aliphatic rings. The molecule has 1 fully saturated rings. The van der Waals surface area contributed by atoms with Crippen molar-refractivity contribution in [3.05, 3.63) is 52.8 Å². The van der Waals surface area contributed by atoms with Crippen LogP contribution in [0.15, 0.2) is 52.4 Å². The number of carbonyl (C=O) groups is 1. The number of hydrogen-bond acceptors (Lipinski definition) is 5. The Bertz CT molecular complexity index is 1230. The lowest BCUT2D eigenvalue weighted by Gasteiger charge is -2.15. The number of nitrogens with zero attached hydrogens (tertiary/aromatic N) is 3. The van der Waals surface area contributed by atoms with Gasteiger partial charge in [-0.25, -0.2) is 8.42 Å². The standard InChI is InChI=1S/C20H21N3O4S2/c1-22-17-10-7-15(27-2)13-18(17)28-20(22)21-19(24)14-5-8-16(9-6-14)29(25,26)23-11-3-4-12-23/h5-10,13H,3-4,11-12H2,1-2H3. The van der Waals surface area contributed by atoms with Crippen LogP contribution in [0.2, 0.25) is 0 Å². The monoisotopic (exact) mass is 431 g/mol. The average Bonchev–Trinajstić information content (AvgIpc) is 3.37. The van der Waals surface area contributed by atoms with Crippen LogP contribution in [0.3, 0.4) is 0 Å². The maximum atomic E-state index is 12.6. The molecule has 4 rings (SSSR count). The Morgan fingerprint density at radius 1 is 1.10 bits per heavy atom. The number of methoxy groups -OCH3 is 1. The summed E-state index contributed by atoms with van der Waals surface area (Å²) in [6.07, 6.45) is 1.76. The second-order valence-electron chi connectivity index (χ2n) is 6.83. The van der Waals surface area contributed by atoms with Gasteiger partial charge >= 0.3 is 0 Å². The topological polar surface area (TPSA) is 81.0 Å². The van der Waals surface area contributed by atoms with Crippen molar-refractivity contribution in [2.75, 3.05) is 20.2 Å². The van der Waals surface area contributed by atoms with Crippen LogP contribution in [0, 0.1) is 0 Å². The van der Waals surface area contributed by atoms with Gasteiger partial charge in [-0.3, -0.25) is 4.79 Å². The smallest absolute Gasteiger partial charge is 0.279 e. The van der Waals surface area contributed by atoms with E-state index >= 15 is 0 Å². The van der Waals surface area contributed by atoms with E-state index in [1.807, 2.05) is 29.8 Å². The van der Waals surface area contributed by atoms with Crippen molar-refractivity contribution in [2.45, 2.75) is 17.7 Å². The number of fused-ring (bicyclic) bond motifs is 1. The zero-order valence-corrected chi connectivity index (χ0v) is 17.8. The first-order valence-corrected chi connectivity index (χ1v) is 11.5. The van der Waals surface area contributed by atoms with Crippen molar-refractivity contribution in [1.82, 2.24) is 8.87 Å². The van der Waals surface area contributed by atoms with Crippen molar-refractivity contribution < 1.29 is 17.9 Å². The summed E-state index contributed by atoms with van der Waals surface area (Å²) in [7, 11) is -0.0346. The third-order valence-corrected chi connectivity index (χ3v) is 8.03. The molecule has 0 spiro atoms. The number of aromatic nitrogens is 1. The van der Waals surface area contributed by atoms with Crippen LogP contribution in [-0.2, 0) is 17.1 Å². The van der Waals surface area contributed by atoms with Crippen LogP contribution in [0.5, 0.6) is 5.75 Å². The van der Waals surface area contributed by atoms with E-state index in [2.05, 4.69) is 4.99 Å². The van der Waals surface area contributed by atoms with Crippen LogP contribution >= 0.6 is 11.3 Å². The molecule has 9 heteroatoms. The fraction of sp³-hybridized carbons (Fsp3) is 0.300. The predicted octanol–water partition coefficient (Wildman–Crippen LogP) is 2.77. The number of aryl methyl sites for hydroxylation is 1. The van der Waals surface area contributed by atoms with Crippen LogP contribution in [0.1, 0.15) is 23.2 Å². The van der Waals surface area contributed by atoms with Gasteiger partial charge in [-0.2, -0.15) is 9.30 Å². The molecular formula is C20H21N3O4S2. The summed E-state index contributed by atoms with van der Waals surface area (Å²) >= 11 is 1.39. The van der Waals surface area contributed by atoms with Crippen molar-refractivity contribution in [2.24, 2.45) is 12.0 Å². The fourth-order valence-electron chi connectivity index (χ4n) is 3.35. The molecule has 152 valence electrons. The second-order valence-corrected chi connectivity index (χ2v) is 9.78. The third kappa shape index (κ3) is 3.73. The van der Waals surface area contributed by atoms with Gasteiger partial charge in [0, 0.05) is 25.7 Å². The predicted molar refractivity (Wildman–Crippen MR) is 112 cm³/mol. The molecule has 0 aliphatic carbocycles. The maximum absolute atomic E-state index is 12.6. The summed E-state index contributed by atoms with van der Waals surface area (Å²) in [5.74, 6) is 0.330. The lowest BCUT2D eigenvalue weighted by Crippen LogP contribution is -2.27. The van der Waals surface area contributed by atoms with E-state index in [1.165, 1.54) is 39.9 Å². The molecule has 0 saturated carbocycles.